The Labute approximate surface area is 197 Å². The van der Waals surface area contributed by atoms with Crippen molar-refractivity contribution in [3.05, 3.63) is 121 Å². The van der Waals surface area contributed by atoms with Crippen LogP contribution in [-0.4, -0.2) is 15.0 Å². The van der Waals surface area contributed by atoms with Gasteiger partial charge in [0.05, 0.1) is 22.4 Å². The van der Waals surface area contributed by atoms with Crippen LogP contribution < -0.4 is 4.74 Å². The van der Waals surface area contributed by atoms with Gasteiger partial charge in [0.25, 0.3) is 0 Å². The maximum atomic E-state index is 6.23. The number of benzene rings is 3. The van der Waals surface area contributed by atoms with Gasteiger partial charge < -0.3 is 4.74 Å². The lowest BCUT2D eigenvalue weighted by Gasteiger charge is -2.14. The van der Waals surface area contributed by atoms with E-state index in [-0.39, 0.29) is 0 Å². The molecule has 3 aromatic carbocycles. The fraction of sp³-hybridized carbons (Fsp3) is 0.0333. The second-order valence-corrected chi connectivity index (χ2v) is 8.11. The second-order valence-electron chi connectivity index (χ2n) is 8.11. The first-order valence-corrected chi connectivity index (χ1v) is 11.2. The Morgan fingerprint density at radius 3 is 2.24 bits per heavy atom. The van der Waals surface area contributed by atoms with Crippen molar-refractivity contribution in [3.63, 3.8) is 0 Å². The van der Waals surface area contributed by atoms with Gasteiger partial charge in [-0.15, -0.1) is 0 Å². The maximum absolute atomic E-state index is 6.23. The fourth-order valence-corrected chi connectivity index (χ4v) is 4.16. The average Bonchev–Trinajstić information content (AvgIpc) is 2.92. The molecule has 6 rings (SSSR count). The van der Waals surface area contributed by atoms with E-state index in [1.165, 1.54) is 0 Å². The molecule has 3 heterocycles. The van der Waals surface area contributed by atoms with Gasteiger partial charge in [-0.2, -0.15) is 0 Å². The molecular formula is C30H21N3O. The van der Waals surface area contributed by atoms with Gasteiger partial charge in [0, 0.05) is 34.3 Å². The molecule has 0 spiro atoms. The van der Waals surface area contributed by atoms with Gasteiger partial charge in [-0.1, -0.05) is 60.7 Å². The molecule has 0 amide bonds. The van der Waals surface area contributed by atoms with Crippen LogP contribution in [0.1, 0.15) is 5.56 Å². The molecule has 0 aliphatic heterocycles. The van der Waals surface area contributed by atoms with Crippen molar-refractivity contribution in [2.75, 3.05) is 0 Å². The predicted octanol–water partition coefficient (Wildman–Crippen LogP) is 7.09. The summed E-state index contributed by atoms with van der Waals surface area (Å²) in [7, 11) is 0. The first kappa shape index (κ1) is 20.1. The van der Waals surface area contributed by atoms with E-state index in [9.17, 15) is 0 Å². The number of pyridine rings is 3. The van der Waals surface area contributed by atoms with Crippen LogP contribution in [0.5, 0.6) is 5.75 Å². The largest absolute Gasteiger partial charge is 0.488 e. The maximum Gasteiger partial charge on any atom is 0.129 e. The minimum atomic E-state index is 0.492. The van der Waals surface area contributed by atoms with E-state index in [1.54, 1.807) is 6.20 Å². The van der Waals surface area contributed by atoms with Crippen LogP contribution >= 0.6 is 0 Å². The van der Waals surface area contributed by atoms with E-state index in [2.05, 4.69) is 64.6 Å². The summed E-state index contributed by atoms with van der Waals surface area (Å²) in [5, 5.41) is 2.15. The Morgan fingerprint density at radius 1 is 0.588 bits per heavy atom. The van der Waals surface area contributed by atoms with E-state index in [1.807, 2.05) is 54.7 Å². The van der Waals surface area contributed by atoms with Crippen LogP contribution in [0.3, 0.4) is 0 Å². The van der Waals surface area contributed by atoms with E-state index in [4.69, 9.17) is 9.72 Å². The fourth-order valence-electron chi connectivity index (χ4n) is 4.16. The molecule has 0 radical (unpaired) electrons. The first-order valence-electron chi connectivity index (χ1n) is 11.2. The van der Waals surface area contributed by atoms with Gasteiger partial charge in [-0.05, 0) is 48.0 Å². The first-order chi connectivity index (χ1) is 16.8. The quantitative estimate of drug-likeness (QED) is 0.269. The molecule has 0 saturated heterocycles. The Balaban J connectivity index is 1.44. The van der Waals surface area contributed by atoms with Crippen molar-refractivity contribution in [1.29, 1.82) is 0 Å². The molecule has 4 nitrogen and oxygen atoms in total. The van der Waals surface area contributed by atoms with Crippen molar-refractivity contribution in [2.24, 2.45) is 0 Å². The number of ether oxygens (including phenoxy) is 1. The van der Waals surface area contributed by atoms with Gasteiger partial charge in [0.15, 0.2) is 0 Å². The highest BCUT2D eigenvalue weighted by Crippen LogP contribution is 2.34. The third kappa shape index (κ3) is 3.86. The number of rotatable bonds is 5. The predicted molar refractivity (Wildman–Crippen MR) is 136 cm³/mol. The summed E-state index contributed by atoms with van der Waals surface area (Å²) in [5.41, 5.74) is 6.62. The van der Waals surface area contributed by atoms with Crippen LogP contribution in [0.4, 0.5) is 0 Å². The lowest BCUT2D eigenvalue weighted by molar-refractivity contribution is 0.307. The molecule has 162 valence electrons. The Hall–Kier alpha value is -4.57. The monoisotopic (exact) mass is 439 g/mol. The second kappa shape index (κ2) is 8.75. The van der Waals surface area contributed by atoms with Crippen molar-refractivity contribution < 1.29 is 4.74 Å². The van der Waals surface area contributed by atoms with Crippen molar-refractivity contribution in [2.45, 2.75) is 6.61 Å². The molecule has 6 aromatic rings. The van der Waals surface area contributed by atoms with Crippen LogP contribution in [0.2, 0.25) is 0 Å². The molecule has 34 heavy (non-hydrogen) atoms. The minimum Gasteiger partial charge on any atom is -0.488 e. The van der Waals surface area contributed by atoms with Gasteiger partial charge in [-0.3, -0.25) is 9.97 Å². The molecule has 0 aliphatic rings. The minimum absolute atomic E-state index is 0.492. The zero-order valence-corrected chi connectivity index (χ0v) is 18.4. The van der Waals surface area contributed by atoms with E-state index < -0.39 is 0 Å². The normalized spacial score (nSPS) is 11.1. The van der Waals surface area contributed by atoms with Crippen molar-refractivity contribution in [3.8, 4) is 28.3 Å². The highest BCUT2D eigenvalue weighted by molar-refractivity contribution is 6.03. The topological polar surface area (TPSA) is 47.9 Å². The molecule has 0 saturated carbocycles. The molecular weight excluding hydrogens is 418 g/mol. The van der Waals surface area contributed by atoms with E-state index in [0.717, 1.165) is 55.6 Å². The number of hydrogen-bond donors (Lipinski definition) is 0. The standard InChI is InChI=1S/C30H21N3O/c1-2-7-21(8-3-1)20-34-28-16-14-24(19-25(28)27-10-4-5-17-31-27)26-15-13-23-12-11-22-9-6-18-32-29(22)30(23)33-26/h1-19H,20H2. The van der Waals surface area contributed by atoms with Crippen LogP contribution in [0.25, 0.3) is 44.3 Å². The summed E-state index contributed by atoms with van der Waals surface area (Å²) in [6.45, 7) is 0.492. The molecule has 0 atom stereocenters. The molecule has 0 aliphatic carbocycles. The molecule has 4 heteroatoms. The Kier molecular flexibility index (Phi) is 5.17. The lowest BCUT2D eigenvalue weighted by atomic mass is 10.0. The number of nitrogens with zero attached hydrogens (tertiary/aromatic N) is 3. The summed E-state index contributed by atoms with van der Waals surface area (Å²) in [6, 6.07) is 34.6. The zero-order valence-electron chi connectivity index (χ0n) is 18.4. The average molecular weight is 440 g/mol. The van der Waals surface area contributed by atoms with E-state index in [0.29, 0.717) is 6.61 Å². The smallest absolute Gasteiger partial charge is 0.129 e. The summed E-state index contributed by atoms with van der Waals surface area (Å²) >= 11 is 0. The van der Waals surface area contributed by atoms with Crippen molar-refractivity contribution >= 4 is 21.8 Å². The molecule has 3 aromatic heterocycles. The third-order valence-electron chi connectivity index (χ3n) is 5.89. The van der Waals surface area contributed by atoms with E-state index >= 15 is 0 Å². The molecule has 0 bridgehead atoms. The lowest BCUT2D eigenvalue weighted by Crippen LogP contribution is -1.98. The summed E-state index contributed by atoms with van der Waals surface area (Å²) in [6.07, 6.45) is 3.61. The summed E-state index contributed by atoms with van der Waals surface area (Å²) in [4.78, 5) is 14.2. The van der Waals surface area contributed by atoms with Crippen LogP contribution in [0.15, 0.2) is 116 Å². The zero-order chi connectivity index (χ0) is 22.7. The van der Waals surface area contributed by atoms with Gasteiger partial charge in [0.2, 0.25) is 0 Å². The SMILES string of the molecule is c1ccc(COc2ccc(-c3ccc4ccc5cccnc5c4n3)cc2-c2ccccn2)cc1. The van der Waals surface area contributed by atoms with Crippen LogP contribution in [-0.2, 0) is 6.61 Å². The van der Waals surface area contributed by atoms with Crippen LogP contribution in [0, 0.1) is 0 Å². The Morgan fingerprint density at radius 2 is 1.38 bits per heavy atom. The highest BCUT2D eigenvalue weighted by Gasteiger charge is 2.12. The molecule has 0 N–H and O–H groups in total. The van der Waals surface area contributed by atoms with Crippen molar-refractivity contribution in [1.82, 2.24) is 15.0 Å². The summed E-state index contributed by atoms with van der Waals surface area (Å²) < 4.78 is 6.23. The number of aromatic nitrogens is 3. The van der Waals surface area contributed by atoms with Gasteiger partial charge in [-0.25, -0.2) is 4.98 Å². The molecule has 0 unspecified atom stereocenters. The Bertz CT molecular complexity index is 1600. The number of hydrogen-bond acceptors (Lipinski definition) is 4. The third-order valence-corrected chi connectivity index (χ3v) is 5.89. The highest BCUT2D eigenvalue weighted by atomic mass is 16.5. The summed E-state index contributed by atoms with van der Waals surface area (Å²) in [5.74, 6) is 0.791. The molecule has 0 fully saturated rings. The van der Waals surface area contributed by atoms with Gasteiger partial charge >= 0.3 is 0 Å². The number of fused-ring (bicyclic) bond motifs is 3. The van der Waals surface area contributed by atoms with Gasteiger partial charge in [0.1, 0.15) is 12.4 Å².